The number of rotatable bonds is 4. The molecule has 0 spiro atoms. The first-order valence-corrected chi connectivity index (χ1v) is 6.54. The van der Waals surface area contributed by atoms with E-state index in [9.17, 15) is 22.8 Å². The van der Waals surface area contributed by atoms with Crippen LogP contribution in [0.5, 0.6) is 0 Å². The molecule has 0 saturated heterocycles. The predicted octanol–water partition coefficient (Wildman–Crippen LogP) is 2.52. The van der Waals surface area contributed by atoms with Crippen molar-refractivity contribution in [1.82, 2.24) is 9.78 Å². The van der Waals surface area contributed by atoms with Crippen LogP contribution in [-0.2, 0) is 6.18 Å². The molecule has 8 heteroatoms. The number of hydrogen-bond acceptors (Lipinski definition) is 4. The van der Waals surface area contributed by atoms with Crippen LogP contribution in [0.25, 0.3) is 5.69 Å². The summed E-state index contributed by atoms with van der Waals surface area (Å²) in [5.41, 5.74) is -1.33. The molecule has 0 unspecified atom stereocenters. The summed E-state index contributed by atoms with van der Waals surface area (Å²) in [5.74, 6) is -0.512. The van der Waals surface area contributed by atoms with E-state index in [4.69, 9.17) is 0 Å². The van der Waals surface area contributed by atoms with Crippen LogP contribution in [-0.4, -0.2) is 28.8 Å². The molecule has 0 saturated carbocycles. The molecule has 5 nitrogen and oxygen atoms in total. The highest BCUT2D eigenvalue weighted by Crippen LogP contribution is 2.29. The molecule has 1 aromatic carbocycles. The van der Waals surface area contributed by atoms with Crippen LogP contribution in [0.3, 0.4) is 0 Å². The number of ketones is 1. The maximum Gasteiger partial charge on any atom is 0.416 e. The zero-order valence-corrected chi connectivity index (χ0v) is 12.0. The third kappa shape index (κ3) is 3.91. The van der Waals surface area contributed by atoms with Gasteiger partial charge in [-0.2, -0.15) is 18.3 Å². The van der Waals surface area contributed by atoms with Crippen molar-refractivity contribution < 1.29 is 18.0 Å². The number of alkyl halides is 3. The van der Waals surface area contributed by atoms with E-state index in [0.29, 0.717) is 5.69 Å². The van der Waals surface area contributed by atoms with Crippen molar-refractivity contribution in [3.05, 3.63) is 58.0 Å². The van der Waals surface area contributed by atoms with Crippen molar-refractivity contribution in [3.63, 3.8) is 0 Å². The second-order valence-electron chi connectivity index (χ2n) is 4.59. The lowest BCUT2D eigenvalue weighted by Gasteiger charge is -2.09. The van der Waals surface area contributed by atoms with Crippen LogP contribution in [0.2, 0.25) is 0 Å². The van der Waals surface area contributed by atoms with E-state index < -0.39 is 23.0 Å². The molecule has 2 rings (SSSR count). The van der Waals surface area contributed by atoms with E-state index in [0.717, 1.165) is 18.2 Å². The van der Waals surface area contributed by atoms with E-state index in [1.807, 2.05) is 0 Å². The number of Topliss-reactive ketones (excluding diaryl/α,β-unsaturated/α-hetero) is 1. The van der Waals surface area contributed by atoms with E-state index in [2.05, 4.69) is 10.1 Å². The van der Waals surface area contributed by atoms with E-state index in [1.54, 1.807) is 0 Å². The lowest BCUT2D eigenvalue weighted by molar-refractivity contribution is -0.137. The number of benzene rings is 1. The highest BCUT2D eigenvalue weighted by molar-refractivity contribution is 6.02. The topological polar surface area (TPSA) is 64.3 Å². The summed E-state index contributed by atoms with van der Waals surface area (Å²) < 4.78 is 38.8. The molecule has 0 fully saturated rings. The molecule has 0 N–H and O–H groups in total. The fraction of sp³-hybridized carbons (Fsp3) is 0.200. The molecule has 1 aromatic heterocycles. The standard InChI is InChI=1S/C15H12F3N3O2/c1-19-8-6-12(22)14-13(23)7-9-21(20-14)11-4-2-10(3-5-11)15(16,17)18/h2-5,7-9H,6H2,1H3. The third-order valence-electron chi connectivity index (χ3n) is 2.99. The first kappa shape index (κ1) is 16.6. The molecule has 23 heavy (non-hydrogen) atoms. The molecule has 0 bridgehead atoms. The summed E-state index contributed by atoms with van der Waals surface area (Å²) in [5, 5.41) is 3.90. The Bertz CT molecular complexity index is 793. The summed E-state index contributed by atoms with van der Waals surface area (Å²) in [4.78, 5) is 27.2. The smallest absolute Gasteiger partial charge is 0.300 e. The number of nitrogens with zero attached hydrogens (tertiary/aromatic N) is 3. The van der Waals surface area contributed by atoms with Crippen LogP contribution in [0.4, 0.5) is 13.2 Å². The van der Waals surface area contributed by atoms with Crippen molar-refractivity contribution in [2.45, 2.75) is 12.6 Å². The summed E-state index contributed by atoms with van der Waals surface area (Å²) in [6.07, 6.45) is -1.87. The Morgan fingerprint density at radius 2 is 1.91 bits per heavy atom. The Hall–Kier alpha value is -2.77. The molecule has 0 aliphatic heterocycles. The SMILES string of the molecule is CN=CCC(=O)c1nn(-c2ccc(C(F)(F)F)cc2)ccc1=O. The zero-order chi connectivity index (χ0) is 17.0. The number of halogens is 3. The van der Waals surface area contributed by atoms with Crippen LogP contribution in [0.15, 0.2) is 46.3 Å². The summed E-state index contributed by atoms with van der Waals surface area (Å²) in [6.45, 7) is 0. The molecule has 0 aliphatic rings. The van der Waals surface area contributed by atoms with E-state index in [1.165, 1.54) is 36.3 Å². The van der Waals surface area contributed by atoms with Crippen LogP contribution in [0.1, 0.15) is 22.5 Å². The number of aliphatic imine (C=N–C) groups is 1. The monoisotopic (exact) mass is 323 g/mol. The molecule has 120 valence electrons. The van der Waals surface area contributed by atoms with Gasteiger partial charge in [-0.1, -0.05) is 0 Å². The minimum atomic E-state index is -4.43. The molecule has 0 atom stereocenters. The van der Waals surface area contributed by atoms with Gasteiger partial charge in [-0.05, 0) is 24.3 Å². The second kappa shape index (κ2) is 6.55. The number of carbonyl (C=O) groups excluding carboxylic acids is 1. The Morgan fingerprint density at radius 1 is 1.26 bits per heavy atom. The molecule has 1 heterocycles. The van der Waals surface area contributed by atoms with Gasteiger partial charge in [0.2, 0.25) is 5.43 Å². The highest BCUT2D eigenvalue weighted by Gasteiger charge is 2.30. The van der Waals surface area contributed by atoms with Gasteiger partial charge in [-0.15, -0.1) is 0 Å². The van der Waals surface area contributed by atoms with Gasteiger partial charge in [0.15, 0.2) is 11.5 Å². The maximum absolute atomic E-state index is 12.5. The fourth-order valence-corrected chi connectivity index (χ4v) is 1.82. The summed E-state index contributed by atoms with van der Waals surface area (Å²) in [6, 6.07) is 5.37. The van der Waals surface area contributed by atoms with Crippen molar-refractivity contribution in [1.29, 1.82) is 0 Å². The van der Waals surface area contributed by atoms with E-state index >= 15 is 0 Å². The highest BCUT2D eigenvalue weighted by atomic mass is 19.4. The molecule has 2 aromatic rings. The van der Waals surface area contributed by atoms with Crippen LogP contribution >= 0.6 is 0 Å². The average molecular weight is 323 g/mol. The first-order chi connectivity index (χ1) is 10.8. The van der Waals surface area contributed by atoms with Gasteiger partial charge in [0.05, 0.1) is 11.3 Å². The summed E-state index contributed by atoms with van der Waals surface area (Å²) >= 11 is 0. The quantitative estimate of drug-likeness (QED) is 0.641. The van der Waals surface area contributed by atoms with Gasteiger partial charge in [-0.3, -0.25) is 9.59 Å². The van der Waals surface area contributed by atoms with Gasteiger partial charge >= 0.3 is 6.18 Å². The molecule has 0 radical (unpaired) electrons. The minimum Gasteiger partial charge on any atom is -0.300 e. The lowest BCUT2D eigenvalue weighted by Crippen LogP contribution is -2.21. The fourth-order valence-electron chi connectivity index (χ4n) is 1.82. The van der Waals surface area contributed by atoms with Crippen LogP contribution < -0.4 is 5.43 Å². The van der Waals surface area contributed by atoms with Crippen molar-refractivity contribution in [2.24, 2.45) is 4.99 Å². The molecular formula is C15H12F3N3O2. The number of hydrogen-bond donors (Lipinski definition) is 0. The van der Waals surface area contributed by atoms with Crippen LogP contribution in [0, 0.1) is 0 Å². The van der Waals surface area contributed by atoms with Gasteiger partial charge < -0.3 is 4.99 Å². The largest absolute Gasteiger partial charge is 0.416 e. The lowest BCUT2D eigenvalue weighted by atomic mass is 10.2. The maximum atomic E-state index is 12.5. The normalized spacial score (nSPS) is 11.8. The summed E-state index contributed by atoms with van der Waals surface area (Å²) in [7, 11) is 1.49. The second-order valence-corrected chi connectivity index (χ2v) is 4.59. The Kier molecular flexibility index (Phi) is 4.73. The third-order valence-corrected chi connectivity index (χ3v) is 2.99. The average Bonchev–Trinajstić information content (AvgIpc) is 2.52. The van der Waals surface area contributed by atoms with Gasteiger partial charge in [-0.25, -0.2) is 4.68 Å². The Morgan fingerprint density at radius 3 is 2.48 bits per heavy atom. The van der Waals surface area contributed by atoms with Crippen molar-refractivity contribution in [3.8, 4) is 5.69 Å². The molecular weight excluding hydrogens is 311 g/mol. The van der Waals surface area contributed by atoms with Gasteiger partial charge in [0, 0.05) is 31.9 Å². The van der Waals surface area contributed by atoms with Crippen molar-refractivity contribution in [2.75, 3.05) is 7.05 Å². The number of aromatic nitrogens is 2. The zero-order valence-electron chi connectivity index (χ0n) is 12.0. The van der Waals surface area contributed by atoms with Gasteiger partial charge in [0.1, 0.15) is 0 Å². The van der Waals surface area contributed by atoms with E-state index in [-0.39, 0.29) is 12.1 Å². The van der Waals surface area contributed by atoms with Crippen molar-refractivity contribution >= 4 is 12.0 Å². The molecule has 0 aliphatic carbocycles. The minimum absolute atomic E-state index is 0.0736. The Labute approximate surface area is 129 Å². The Balaban J connectivity index is 2.37. The van der Waals surface area contributed by atoms with Gasteiger partial charge in [0.25, 0.3) is 0 Å². The number of carbonyl (C=O) groups is 1. The first-order valence-electron chi connectivity index (χ1n) is 6.54. The predicted molar refractivity (Wildman–Crippen MR) is 78.2 cm³/mol. The molecule has 0 amide bonds.